The van der Waals surface area contributed by atoms with Crippen LogP contribution in [-0.4, -0.2) is 44.3 Å². The Bertz CT molecular complexity index is 1470. The molecule has 4 aromatic rings. The van der Waals surface area contributed by atoms with Gasteiger partial charge in [0.1, 0.15) is 10.6 Å². The lowest BCUT2D eigenvalue weighted by molar-refractivity contribution is 0.0942. The van der Waals surface area contributed by atoms with E-state index in [9.17, 15) is 13.2 Å². The molecule has 33 heavy (non-hydrogen) atoms. The number of amides is 1. The van der Waals surface area contributed by atoms with Gasteiger partial charge in [0.25, 0.3) is 5.91 Å². The summed E-state index contributed by atoms with van der Waals surface area (Å²) in [6, 6.07) is 11.1. The summed E-state index contributed by atoms with van der Waals surface area (Å²) < 4.78 is 31.8. The molecule has 1 aromatic carbocycles. The second-order valence-corrected chi connectivity index (χ2v) is 10.0. The maximum atomic E-state index is 13.4. The lowest BCUT2D eigenvalue weighted by Gasteiger charge is -2.27. The maximum Gasteiger partial charge on any atom is 0.268 e. The molecule has 0 unspecified atom stereocenters. The summed E-state index contributed by atoms with van der Waals surface area (Å²) in [6.07, 6.45) is 5.12. The van der Waals surface area contributed by atoms with Gasteiger partial charge in [0, 0.05) is 50.2 Å². The van der Waals surface area contributed by atoms with Gasteiger partial charge < -0.3 is 14.5 Å². The van der Waals surface area contributed by atoms with Crippen LogP contribution in [0.15, 0.2) is 60.0 Å². The van der Waals surface area contributed by atoms with E-state index >= 15 is 0 Å². The zero-order valence-electron chi connectivity index (χ0n) is 18.4. The van der Waals surface area contributed by atoms with Crippen LogP contribution in [0.1, 0.15) is 27.4 Å². The van der Waals surface area contributed by atoms with Crippen LogP contribution in [0.4, 0.5) is 0 Å². The second-order valence-electron chi connectivity index (χ2n) is 8.13. The molecule has 0 saturated carbocycles. The van der Waals surface area contributed by atoms with Crippen molar-refractivity contribution in [2.45, 2.75) is 31.5 Å². The van der Waals surface area contributed by atoms with Crippen molar-refractivity contribution in [2.24, 2.45) is 7.05 Å². The molecule has 5 rings (SSSR count). The first-order valence-electron chi connectivity index (χ1n) is 10.6. The number of carbonyl (C=O) groups is 1. The van der Waals surface area contributed by atoms with Crippen LogP contribution in [-0.2, 0) is 36.7 Å². The number of sulfonamides is 1. The lowest BCUT2D eigenvalue weighted by Crippen LogP contribution is -2.38. The van der Waals surface area contributed by atoms with Gasteiger partial charge in [-0.15, -0.1) is 0 Å². The predicted molar refractivity (Wildman–Crippen MR) is 123 cm³/mol. The Kier molecular flexibility index (Phi) is 5.26. The van der Waals surface area contributed by atoms with E-state index in [0.717, 1.165) is 22.2 Å². The molecule has 0 aliphatic carbocycles. The van der Waals surface area contributed by atoms with Crippen molar-refractivity contribution >= 4 is 26.8 Å². The third-order valence-corrected chi connectivity index (χ3v) is 8.20. The number of nitrogens with one attached hydrogen (secondary N) is 1. The Morgan fingerprint density at radius 3 is 2.88 bits per heavy atom. The number of nitrogens with zero attached hydrogens (tertiary/aromatic N) is 5. The molecule has 0 saturated heterocycles. The molecule has 1 aliphatic heterocycles. The number of rotatable bonds is 5. The van der Waals surface area contributed by atoms with Crippen molar-refractivity contribution in [3.8, 4) is 0 Å². The van der Waals surface area contributed by atoms with E-state index in [-0.39, 0.29) is 17.3 Å². The fraction of sp³-hybridized carbons (Fsp3) is 0.261. The molecule has 170 valence electrons. The zero-order chi connectivity index (χ0) is 23.2. The van der Waals surface area contributed by atoms with E-state index in [1.165, 1.54) is 10.4 Å². The van der Waals surface area contributed by atoms with Gasteiger partial charge in [-0.05, 0) is 30.7 Å². The van der Waals surface area contributed by atoms with Crippen molar-refractivity contribution in [1.29, 1.82) is 0 Å². The highest BCUT2D eigenvalue weighted by Crippen LogP contribution is 2.26. The van der Waals surface area contributed by atoms with Crippen molar-refractivity contribution in [3.63, 3.8) is 0 Å². The molecule has 9 nitrogen and oxygen atoms in total. The minimum absolute atomic E-state index is 0.150. The fourth-order valence-corrected chi connectivity index (χ4v) is 5.92. The topological polar surface area (TPSA) is 102 Å². The third kappa shape index (κ3) is 3.70. The summed E-state index contributed by atoms with van der Waals surface area (Å²) in [5.74, 6) is -0.334. The highest BCUT2D eigenvalue weighted by Gasteiger charge is 2.32. The average Bonchev–Trinajstić information content (AvgIpc) is 3.41. The molecule has 0 bridgehead atoms. The molecule has 3 aromatic heterocycles. The molecule has 1 aliphatic rings. The van der Waals surface area contributed by atoms with Crippen LogP contribution >= 0.6 is 0 Å². The summed E-state index contributed by atoms with van der Waals surface area (Å²) in [5.41, 5.74) is 3.47. The van der Waals surface area contributed by atoms with Crippen LogP contribution in [0.25, 0.3) is 10.9 Å². The lowest BCUT2D eigenvalue weighted by atomic mass is 10.1. The van der Waals surface area contributed by atoms with Gasteiger partial charge >= 0.3 is 0 Å². The highest BCUT2D eigenvalue weighted by atomic mass is 32.2. The molecule has 1 amide bonds. The van der Waals surface area contributed by atoms with E-state index in [1.807, 2.05) is 34.9 Å². The van der Waals surface area contributed by atoms with Crippen LogP contribution in [0.2, 0.25) is 0 Å². The first kappa shape index (κ1) is 21.4. The van der Waals surface area contributed by atoms with Crippen LogP contribution in [0, 0.1) is 6.92 Å². The van der Waals surface area contributed by atoms with Gasteiger partial charge in [0.15, 0.2) is 0 Å². The number of benzene rings is 1. The molecule has 4 heterocycles. The Morgan fingerprint density at radius 1 is 1.18 bits per heavy atom. The van der Waals surface area contributed by atoms with Gasteiger partial charge in [0.05, 0.1) is 24.1 Å². The van der Waals surface area contributed by atoms with Gasteiger partial charge in [-0.1, -0.05) is 18.2 Å². The molecule has 0 radical (unpaired) electrons. The van der Waals surface area contributed by atoms with Crippen LogP contribution in [0.5, 0.6) is 0 Å². The van der Waals surface area contributed by atoms with Gasteiger partial charge in [0.2, 0.25) is 10.0 Å². The Morgan fingerprint density at radius 2 is 2.03 bits per heavy atom. The smallest absolute Gasteiger partial charge is 0.268 e. The van der Waals surface area contributed by atoms with Crippen LogP contribution in [0.3, 0.4) is 0 Å². The molecular formula is C23H24N6O3S. The number of hydrogen-bond donors (Lipinski definition) is 1. The van der Waals surface area contributed by atoms with Crippen molar-refractivity contribution in [2.75, 3.05) is 6.54 Å². The van der Waals surface area contributed by atoms with Crippen molar-refractivity contribution in [3.05, 3.63) is 77.8 Å². The van der Waals surface area contributed by atoms with Crippen molar-refractivity contribution in [1.82, 2.24) is 28.7 Å². The standard InChI is InChI=1S/C23H24N6O3S/c1-16-22(33(31,32)29-10-9-28-15-24-13-18(28)14-29)11-21(27(16)2)23(30)26-12-17-5-3-7-20-19(17)6-4-8-25-20/h3-8,11,13,15H,9-10,12,14H2,1-2H3,(H,26,30). The quantitative estimate of drug-likeness (QED) is 0.488. The van der Waals surface area contributed by atoms with E-state index in [2.05, 4.69) is 15.3 Å². The first-order valence-corrected chi connectivity index (χ1v) is 12.1. The Hall–Kier alpha value is -3.50. The van der Waals surface area contributed by atoms with E-state index in [4.69, 9.17) is 0 Å². The Balaban J connectivity index is 1.38. The SMILES string of the molecule is Cc1c(S(=O)(=O)N2CCn3cncc3C2)cc(C(=O)NCc2cccc3ncccc23)n1C. The number of hydrogen-bond acceptors (Lipinski definition) is 5. The van der Waals surface area contributed by atoms with E-state index < -0.39 is 10.0 Å². The Labute approximate surface area is 191 Å². The molecule has 0 spiro atoms. The minimum atomic E-state index is -3.76. The maximum absolute atomic E-state index is 13.4. The fourth-order valence-electron chi connectivity index (χ4n) is 4.24. The average molecular weight is 465 g/mol. The van der Waals surface area contributed by atoms with E-state index in [1.54, 1.807) is 37.3 Å². The number of pyridine rings is 1. The molecule has 0 atom stereocenters. The van der Waals surface area contributed by atoms with Crippen LogP contribution < -0.4 is 5.32 Å². The zero-order valence-corrected chi connectivity index (χ0v) is 19.2. The molecule has 10 heteroatoms. The van der Waals surface area contributed by atoms with E-state index in [0.29, 0.717) is 31.0 Å². The largest absolute Gasteiger partial charge is 0.347 e. The second kappa shape index (κ2) is 8.13. The first-order chi connectivity index (χ1) is 15.9. The third-order valence-electron chi connectivity index (χ3n) is 6.24. The molecule has 0 fully saturated rings. The summed E-state index contributed by atoms with van der Waals surface area (Å²) in [4.78, 5) is 21.6. The number of fused-ring (bicyclic) bond motifs is 2. The summed E-state index contributed by atoms with van der Waals surface area (Å²) in [7, 11) is -2.06. The normalized spacial score (nSPS) is 14.4. The predicted octanol–water partition coefficient (Wildman–Crippen LogP) is 2.21. The summed E-state index contributed by atoms with van der Waals surface area (Å²) >= 11 is 0. The highest BCUT2D eigenvalue weighted by molar-refractivity contribution is 7.89. The van der Waals surface area contributed by atoms with Crippen molar-refractivity contribution < 1.29 is 13.2 Å². The molecular weight excluding hydrogens is 440 g/mol. The summed E-state index contributed by atoms with van der Waals surface area (Å²) in [5, 5.41) is 3.89. The number of aromatic nitrogens is 4. The van der Waals surface area contributed by atoms with Gasteiger partial charge in [-0.2, -0.15) is 4.31 Å². The van der Waals surface area contributed by atoms with Gasteiger partial charge in [-0.25, -0.2) is 13.4 Å². The monoisotopic (exact) mass is 464 g/mol. The van der Waals surface area contributed by atoms with Gasteiger partial charge in [-0.3, -0.25) is 9.78 Å². The number of carbonyl (C=O) groups excluding carboxylic acids is 1. The minimum Gasteiger partial charge on any atom is -0.347 e. The number of imidazole rings is 1. The molecule has 1 N–H and O–H groups in total. The summed E-state index contributed by atoms with van der Waals surface area (Å²) in [6.45, 7) is 3.19.